The number of anilines is 1. The van der Waals surface area contributed by atoms with Gasteiger partial charge in [0.25, 0.3) is 0 Å². The van der Waals surface area contributed by atoms with Gasteiger partial charge in [-0.15, -0.1) is 12.4 Å². The van der Waals surface area contributed by atoms with E-state index in [1.54, 1.807) is 24.1 Å². The van der Waals surface area contributed by atoms with Crippen molar-refractivity contribution in [1.82, 2.24) is 10.2 Å². The minimum atomic E-state index is -0.222. The Bertz CT molecular complexity index is 482. The molecule has 2 N–H and O–H groups in total. The number of rotatable bonds is 4. The van der Waals surface area contributed by atoms with Gasteiger partial charge in [-0.1, -0.05) is 12.1 Å². The van der Waals surface area contributed by atoms with Crippen molar-refractivity contribution in [2.24, 2.45) is 0 Å². The van der Waals surface area contributed by atoms with Gasteiger partial charge >= 0.3 is 0 Å². The fourth-order valence-corrected chi connectivity index (χ4v) is 1.92. The molecule has 0 aliphatic carbocycles. The minimum Gasteiger partial charge on any atom is -0.495 e. The van der Waals surface area contributed by atoms with E-state index in [-0.39, 0.29) is 30.8 Å². The van der Waals surface area contributed by atoms with E-state index >= 15 is 0 Å². The van der Waals surface area contributed by atoms with Gasteiger partial charge in [-0.3, -0.25) is 9.59 Å². The van der Waals surface area contributed by atoms with E-state index in [0.717, 1.165) is 0 Å². The molecule has 0 aromatic heterocycles. The minimum absolute atomic E-state index is 0. The second kappa shape index (κ2) is 7.72. The predicted molar refractivity (Wildman–Crippen MR) is 78.3 cm³/mol. The SMILES string of the molecule is COc1ccccc1NC(=O)CN1CCNCC1=O.Cl. The molecule has 2 rings (SSSR count). The summed E-state index contributed by atoms with van der Waals surface area (Å²) in [6.45, 7) is 1.63. The van der Waals surface area contributed by atoms with Crippen LogP contribution in [0.5, 0.6) is 5.75 Å². The summed E-state index contributed by atoms with van der Waals surface area (Å²) in [6.07, 6.45) is 0. The number of para-hydroxylation sites is 2. The molecule has 0 atom stereocenters. The Hall–Kier alpha value is -1.79. The summed E-state index contributed by atoms with van der Waals surface area (Å²) < 4.78 is 5.15. The van der Waals surface area contributed by atoms with Crippen molar-refractivity contribution in [3.63, 3.8) is 0 Å². The van der Waals surface area contributed by atoms with Gasteiger partial charge in [0.05, 0.1) is 25.9 Å². The van der Waals surface area contributed by atoms with Crippen LogP contribution in [0.4, 0.5) is 5.69 Å². The van der Waals surface area contributed by atoms with Crippen LogP contribution in [0.3, 0.4) is 0 Å². The molecule has 2 amide bonds. The summed E-state index contributed by atoms with van der Waals surface area (Å²) in [5.41, 5.74) is 0.609. The lowest BCUT2D eigenvalue weighted by molar-refractivity contribution is -0.135. The van der Waals surface area contributed by atoms with Crippen LogP contribution in [0.2, 0.25) is 0 Å². The van der Waals surface area contributed by atoms with E-state index in [0.29, 0.717) is 31.1 Å². The molecule has 0 spiro atoms. The lowest BCUT2D eigenvalue weighted by atomic mass is 10.3. The average Bonchev–Trinajstić information content (AvgIpc) is 2.42. The van der Waals surface area contributed by atoms with Gasteiger partial charge in [-0.25, -0.2) is 0 Å². The quantitative estimate of drug-likeness (QED) is 0.849. The summed E-state index contributed by atoms with van der Waals surface area (Å²) in [5, 5.41) is 5.71. The number of amides is 2. The normalized spacial score (nSPS) is 14.4. The molecule has 20 heavy (non-hydrogen) atoms. The molecule has 0 bridgehead atoms. The monoisotopic (exact) mass is 299 g/mol. The van der Waals surface area contributed by atoms with Crippen LogP contribution in [-0.4, -0.2) is 50.0 Å². The molecule has 1 heterocycles. The standard InChI is InChI=1S/C13H17N3O3.ClH/c1-19-11-5-3-2-4-10(11)15-12(17)9-16-7-6-14-8-13(16)18;/h2-5,14H,6-9H2,1H3,(H,15,17);1H. The molecule has 1 aromatic rings. The van der Waals surface area contributed by atoms with Gasteiger partial charge in [-0.2, -0.15) is 0 Å². The number of hydrogen-bond donors (Lipinski definition) is 2. The number of nitrogens with zero attached hydrogens (tertiary/aromatic N) is 1. The molecule has 7 heteroatoms. The van der Waals surface area contributed by atoms with Crippen LogP contribution in [0.25, 0.3) is 0 Å². The lowest BCUT2D eigenvalue weighted by Gasteiger charge is -2.26. The number of nitrogens with one attached hydrogen (secondary N) is 2. The zero-order valence-corrected chi connectivity index (χ0v) is 12.0. The van der Waals surface area contributed by atoms with Crippen molar-refractivity contribution >= 4 is 29.9 Å². The first-order valence-corrected chi connectivity index (χ1v) is 6.12. The molecule has 1 fully saturated rings. The van der Waals surface area contributed by atoms with E-state index < -0.39 is 0 Å². The third-order valence-corrected chi connectivity index (χ3v) is 2.90. The maximum Gasteiger partial charge on any atom is 0.244 e. The second-order valence-corrected chi connectivity index (χ2v) is 4.24. The summed E-state index contributed by atoms with van der Waals surface area (Å²) in [5.74, 6) is 0.323. The smallest absolute Gasteiger partial charge is 0.244 e. The molecule has 1 aliphatic heterocycles. The molecule has 1 saturated heterocycles. The number of benzene rings is 1. The number of halogens is 1. The Balaban J connectivity index is 0.00000200. The third kappa shape index (κ3) is 4.11. The highest BCUT2D eigenvalue weighted by atomic mass is 35.5. The van der Waals surface area contributed by atoms with Gasteiger partial charge in [0, 0.05) is 13.1 Å². The first-order chi connectivity index (χ1) is 9.20. The molecule has 1 aromatic carbocycles. The predicted octanol–water partition coefficient (Wildman–Crippen LogP) is 0.487. The molecule has 0 saturated carbocycles. The Morgan fingerprint density at radius 2 is 2.20 bits per heavy atom. The van der Waals surface area contributed by atoms with Crippen LogP contribution in [0, 0.1) is 0 Å². The zero-order valence-electron chi connectivity index (χ0n) is 11.2. The van der Waals surface area contributed by atoms with E-state index in [9.17, 15) is 9.59 Å². The highest BCUT2D eigenvalue weighted by Gasteiger charge is 2.20. The molecule has 0 unspecified atom stereocenters. The van der Waals surface area contributed by atoms with Gasteiger partial charge in [-0.05, 0) is 12.1 Å². The van der Waals surface area contributed by atoms with E-state index in [1.807, 2.05) is 12.1 Å². The van der Waals surface area contributed by atoms with Crippen molar-refractivity contribution in [3.8, 4) is 5.75 Å². The van der Waals surface area contributed by atoms with Crippen molar-refractivity contribution in [2.75, 3.05) is 38.6 Å². The maximum atomic E-state index is 11.9. The largest absolute Gasteiger partial charge is 0.495 e. The van der Waals surface area contributed by atoms with Crippen LogP contribution in [0.15, 0.2) is 24.3 Å². The molecule has 1 aliphatic rings. The van der Waals surface area contributed by atoms with Crippen LogP contribution in [-0.2, 0) is 9.59 Å². The summed E-state index contributed by atoms with van der Waals surface area (Å²) in [4.78, 5) is 25.0. The Labute approximate surface area is 123 Å². The molecule has 110 valence electrons. The topological polar surface area (TPSA) is 70.7 Å². The van der Waals surface area contributed by atoms with E-state index in [2.05, 4.69) is 10.6 Å². The van der Waals surface area contributed by atoms with Crippen molar-refractivity contribution in [1.29, 1.82) is 0 Å². The summed E-state index contributed by atoms with van der Waals surface area (Å²) in [7, 11) is 1.55. The highest BCUT2D eigenvalue weighted by molar-refractivity contribution is 5.96. The molecular weight excluding hydrogens is 282 g/mol. The lowest BCUT2D eigenvalue weighted by Crippen LogP contribution is -2.50. The fourth-order valence-electron chi connectivity index (χ4n) is 1.92. The number of hydrogen-bond acceptors (Lipinski definition) is 4. The third-order valence-electron chi connectivity index (χ3n) is 2.90. The van der Waals surface area contributed by atoms with E-state index in [4.69, 9.17) is 4.74 Å². The van der Waals surface area contributed by atoms with Gasteiger partial charge in [0.1, 0.15) is 5.75 Å². The van der Waals surface area contributed by atoms with E-state index in [1.165, 1.54) is 0 Å². The van der Waals surface area contributed by atoms with Crippen molar-refractivity contribution in [3.05, 3.63) is 24.3 Å². The summed E-state index contributed by atoms with van der Waals surface area (Å²) >= 11 is 0. The number of piperazine rings is 1. The summed E-state index contributed by atoms with van der Waals surface area (Å²) in [6, 6.07) is 7.17. The van der Waals surface area contributed by atoms with Gasteiger partial charge in [0.2, 0.25) is 11.8 Å². The fraction of sp³-hybridized carbons (Fsp3) is 0.385. The maximum absolute atomic E-state index is 11.9. The zero-order chi connectivity index (χ0) is 13.7. The van der Waals surface area contributed by atoms with Crippen LogP contribution >= 0.6 is 12.4 Å². The number of methoxy groups -OCH3 is 1. The number of carbonyl (C=O) groups excluding carboxylic acids is 2. The van der Waals surface area contributed by atoms with Crippen LogP contribution < -0.4 is 15.4 Å². The Morgan fingerprint density at radius 1 is 1.45 bits per heavy atom. The van der Waals surface area contributed by atoms with Crippen molar-refractivity contribution in [2.45, 2.75) is 0 Å². The highest BCUT2D eigenvalue weighted by Crippen LogP contribution is 2.22. The second-order valence-electron chi connectivity index (χ2n) is 4.24. The first-order valence-electron chi connectivity index (χ1n) is 6.12. The number of carbonyl (C=O) groups is 2. The molecular formula is C13H18ClN3O3. The van der Waals surface area contributed by atoms with Gasteiger partial charge in [0.15, 0.2) is 0 Å². The van der Waals surface area contributed by atoms with Crippen molar-refractivity contribution < 1.29 is 14.3 Å². The Kier molecular flexibility index (Phi) is 6.27. The van der Waals surface area contributed by atoms with Gasteiger partial charge < -0.3 is 20.3 Å². The molecule has 0 radical (unpaired) electrons. The Morgan fingerprint density at radius 3 is 2.90 bits per heavy atom. The first kappa shape index (κ1) is 16.3. The number of ether oxygens (including phenoxy) is 1. The van der Waals surface area contributed by atoms with Crippen LogP contribution in [0.1, 0.15) is 0 Å². The average molecular weight is 300 g/mol. The molecule has 6 nitrogen and oxygen atoms in total.